The average molecular weight is 310 g/mol. The molecule has 2 aromatic rings. The van der Waals surface area contributed by atoms with E-state index in [1.54, 1.807) is 0 Å². The molecule has 0 amide bonds. The van der Waals surface area contributed by atoms with Gasteiger partial charge >= 0.3 is 5.97 Å². The third kappa shape index (κ3) is 3.64. The Morgan fingerprint density at radius 1 is 0.957 bits per heavy atom. The fourth-order valence-corrected chi connectivity index (χ4v) is 3.55. The molecule has 1 N–H and O–H groups in total. The van der Waals surface area contributed by atoms with Crippen LogP contribution in [0, 0.1) is 34.6 Å². The van der Waals surface area contributed by atoms with Crippen LogP contribution in [0.2, 0.25) is 0 Å². The zero-order valence-electron chi connectivity index (χ0n) is 14.9. The molecule has 2 heteroatoms. The lowest BCUT2D eigenvalue weighted by atomic mass is 9.85. The molecule has 0 aliphatic rings. The van der Waals surface area contributed by atoms with Gasteiger partial charge in [-0.05, 0) is 79.5 Å². The van der Waals surface area contributed by atoms with Crippen molar-refractivity contribution in [1.82, 2.24) is 0 Å². The summed E-state index contributed by atoms with van der Waals surface area (Å²) in [5, 5.41) is 9.11. The van der Waals surface area contributed by atoms with Crippen molar-refractivity contribution in [3.05, 3.63) is 57.6 Å². The van der Waals surface area contributed by atoms with Gasteiger partial charge in [0.1, 0.15) is 0 Å². The monoisotopic (exact) mass is 310 g/mol. The highest BCUT2D eigenvalue weighted by Crippen LogP contribution is 2.34. The van der Waals surface area contributed by atoms with Gasteiger partial charge < -0.3 is 5.11 Å². The van der Waals surface area contributed by atoms with Crippen LogP contribution in [-0.4, -0.2) is 11.1 Å². The topological polar surface area (TPSA) is 37.3 Å². The summed E-state index contributed by atoms with van der Waals surface area (Å²) in [6, 6.07) is 8.81. The van der Waals surface area contributed by atoms with Crippen LogP contribution in [-0.2, 0) is 4.79 Å². The molecule has 2 nitrogen and oxygen atoms in total. The largest absolute Gasteiger partial charge is 0.481 e. The van der Waals surface area contributed by atoms with Gasteiger partial charge in [0.15, 0.2) is 0 Å². The van der Waals surface area contributed by atoms with Crippen molar-refractivity contribution in [1.29, 1.82) is 0 Å². The van der Waals surface area contributed by atoms with E-state index in [1.165, 1.54) is 38.9 Å². The van der Waals surface area contributed by atoms with Gasteiger partial charge in [-0.25, -0.2) is 0 Å². The quantitative estimate of drug-likeness (QED) is 0.812. The third-order valence-electron chi connectivity index (χ3n) is 4.68. The van der Waals surface area contributed by atoms with Crippen LogP contribution >= 0.6 is 0 Å². The predicted octanol–water partition coefficient (Wildman–Crippen LogP) is 5.47. The molecule has 2 aromatic carbocycles. The van der Waals surface area contributed by atoms with Gasteiger partial charge in [-0.2, -0.15) is 0 Å². The van der Waals surface area contributed by atoms with E-state index in [0.29, 0.717) is 0 Å². The van der Waals surface area contributed by atoms with Gasteiger partial charge in [0.25, 0.3) is 0 Å². The Kier molecular flexibility index (Phi) is 4.93. The Labute approximate surface area is 139 Å². The van der Waals surface area contributed by atoms with Crippen LogP contribution in [0.1, 0.15) is 52.6 Å². The molecule has 0 fully saturated rings. The van der Waals surface area contributed by atoms with Gasteiger partial charge in [-0.3, -0.25) is 4.79 Å². The fraction of sp³-hybridized carbons (Fsp3) is 0.381. The first-order valence-electron chi connectivity index (χ1n) is 8.11. The summed E-state index contributed by atoms with van der Waals surface area (Å²) >= 11 is 0. The first kappa shape index (κ1) is 17.3. The zero-order valence-corrected chi connectivity index (χ0v) is 14.9. The number of aliphatic carboxylic acids is 1. The van der Waals surface area contributed by atoms with Crippen LogP contribution < -0.4 is 0 Å². The molecule has 0 spiro atoms. The van der Waals surface area contributed by atoms with Gasteiger partial charge in [0.2, 0.25) is 0 Å². The Morgan fingerprint density at radius 3 is 2.04 bits per heavy atom. The molecule has 122 valence electrons. The molecular weight excluding hydrogens is 284 g/mol. The molecule has 0 aliphatic heterocycles. The first-order chi connectivity index (χ1) is 10.7. The van der Waals surface area contributed by atoms with Gasteiger partial charge in [-0.1, -0.05) is 36.8 Å². The van der Waals surface area contributed by atoms with Crippen LogP contribution in [0.25, 0.3) is 11.1 Å². The molecular formula is C21H26O2. The number of benzene rings is 2. The molecule has 0 saturated heterocycles. The summed E-state index contributed by atoms with van der Waals surface area (Å²) in [6.45, 7) is 12.6. The summed E-state index contributed by atoms with van der Waals surface area (Å²) in [4.78, 5) is 11.1. The molecule has 0 radical (unpaired) electrons. The van der Waals surface area contributed by atoms with Crippen molar-refractivity contribution >= 4 is 5.97 Å². The Morgan fingerprint density at radius 2 is 1.52 bits per heavy atom. The maximum atomic E-state index is 11.1. The zero-order chi connectivity index (χ0) is 17.3. The number of carbonyl (C=O) groups is 1. The minimum Gasteiger partial charge on any atom is -0.481 e. The van der Waals surface area contributed by atoms with E-state index in [1.807, 2.05) is 6.92 Å². The van der Waals surface area contributed by atoms with Crippen molar-refractivity contribution in [3.63, 3.8) is 0 Å². The summed E-state index contributed by atoms with van der Waals surface area (Å²) in [5.74, 6) is -0.736. The highest BCUT2D eigenvalue weighted by atomic mass is 16.4. The highest BCUT2D eigenvalue weighted by Gasteiger charge is 2.16. The summed E-state index contributed by atoms with van der Waals surface area (Å²) in [7, 11) is 0. The SMILES string of the molecule is Cc1cc(C)c(-c2cc(C)c(C)c(C(C)CC(=O)O)c2)c(C)c1. The highest BCUT2D eigenvalue weighted by molar-refractivity contribution is 5.74. The number of hydrogen-bond donors (Lipinski definition) is 1. The van der Waals surface area contributed by atoms with Crippen molar-refractivity contribution < 1.29 is 9.90 Å². The lowest BCUT2D eigenvalue weighted by Crippen LogP contribution is -2.06. The average Bonchev–Trinajstić information content (AvgIpc) is 2.40. The number of aryl methyl sites for hydroxylation is 4. The number of carboxylic acid groups (broad SMARTS) is 1. The van der Waals surface area contributed by atoms with E-state index in [4.69, 9.17) is 5.11 Å². The Hall–Kier alpha value is -2.09. The lowest BCUT2D eigenvalue weighted by Gasteiger charge is -2.19. The molecule has 0 aromatic heterocycles. The smallest absolute Gasteiger partial charge is 0.303 e. The van der Waals surface area contributed by atoms with E-state index in [2.05, 4.69) is 58.9 Å². The van der Waals surface area contributed by atoms with Crippen molar-refractivity contribution in [3.8, 4) is 11.1 Å². The maximum absolute atomic E-state index is 11.1. The van der Waals surface area contributed by atoms with Gasteiger partial charge in [0, 0.05) is 0 Å². The number of rotatable bonds is 4. The van der Waals surface area contributed by atoms with E-state index in [-0.39, 0.29) is 12.3 Å². The van der Waals surface area contributed by atoms with Crippen LogP contribution in [0.5, 0.6) is 0 Å². The van der Waals surface area contributed by atoms with Crippen LogP contribution in [0.3, 0.4) is 0 Å². The summed E-state index contributed by atoms with van der Waals surface area (Å²) < 4.78 is 0. The second kappa shape index (κ2) is 6.57. The lowest BCUT2D eigenvalue weighted by molar-refractivity contribution is -0.137. The second-order valence-corrected chi connectivity index (χ2v) is 6.78. The first-order valence-corrected chi connectivity index (χ1v) is 8.11. The molecule has 0 aliphatic carbocycles. The van der Waals surface area contributed by atoms with Crippen molar-refractivity contribution in [2.24, 2.45) is 0 Å². The van der Waals surface area contributed by atoms with Gasteiger partial charge in [-0.15, -0.1) is 0 Å². The molecule has 1 atom stereocenters. The normalized spacial score (nSPS) is 12.3. The molecule has 0 heterocycles. The number of hydrogen-bond acceptors (Lipinski definition) is 1. The Bertz CT molecular complexity index is 734. The fourth-order valence-electron chi connectivity index (χ4n) is 3.55. The van der Waals surface area contributed by atoms with Crippen molar-refractivity contribution in [2.75, 3.05) is 0 Å². The minimum atomic E-state index is -0.748. The predicted molar refractivity (Wildman–Crippen MR) is 96.2 cm³/mol. The van der Waals surface area contributed by atoms with Crippen molar-refractivity contribution in [2.45, 2.75) is 53.9 Å². The van der Waals surface area contributed by atoms with Crippen LogP contribution in [0.4, 0.5) is 0 Å². The molecule has 1 unspecified atom stereocenters. The van der Waals surface area contributed by atoms with Gasteiger partial charge in [0.05, 0.1) is 6.42 Å². The van der Waals surface area contributed by atoms with Crippen LogP contribution in [0.15, 0.2) is 24.3 Å². The summed E-state index contributed by atoms with van der Waals surface area (Å²) in [6.07, 6.45) is 0.162. The molecule has 0 bridgehead atoms. The molecule has 23 heavy (non-hydrogen) atoms. The standard InChI is InChI=1S/C21H26O2/c1-12-7-15(4)21(16(5)8-12)18-9-13(2)17(6)19(11-18)14(3)10-20(22)23/h7-9,11,14H,10H2,1-6H3,(H,22,23). The third-order valence-corrected chi connectivity index (χ3v) is 4.68. The number of carboxylic acids is 1. The van der Waals surface area contributed by atoms with E-state index in [9.17, 15) is 4.79 Å². The maximum Gasteiger partial charge on any atom is 0.303 e. The Balaban J connectivity index is 2.62. The molecule has 2 rings (SSSR count). The van der Waals surface area contributed by atoms with E-state index >= 15 is 0 Å². The second-order valence-electron chi connectivity index (χ2n) is 6.78. The summed E-state index contributed by atoms with van der Waals surface area (Å²) in [5.41, 5.74) is 9.82. The minimum absolute atomic E-state index is 0.0113. The van der Waals surface area contributed by atoms with E-state index < -0.39 is 5.97 Å². The molecule has 0 saturated carbocycles. The van der Waals surface area contributed by atoms with E-state index in [0.717, 1.165) is 5.56 Å².